The molecule has 1 aliphatic heterocycles. The summed E-state index contributed by atoms with van der Waals surface area (Å²) in [5, 5.41) is 9.42. The number of aromatic nitrogens is 1. The van der Waals surface area contributed by atoms with Gasteiger partial charge in [0.2, 0.25) is 5.91 Å². The number of aryl methyl sites for hydroxylation is 1. The minimum absolute atomic E-state index is 0.0656. The van der Waals surface area contributed by atoms with Gasteiger partial charge in [0.15, 0.2) is 5.13 Å². The molecule has 1 fully saturated rings. The molecule has 1 atom stereocenters. The zero-order valence-corrected chi connectivity index (χ0v) is 11.9. The fraction of sp³-hybridized carbons (Fsp3) is 0.500. The number of rotatable bonds is 4. The molecule has 8 heteroatoms. The summed E-state index contributed by atoms with van der Waals surface area (Å²) in [6.07, 6.45) is 0.538. The fourth-order valence-corrected chi connectivity index (χ4v) is 3.10. The Labute approximate surface area is 119 Å². The summed E-state index contributed by atoms with van der Waals surface area (Å²) < 4.78 is 4.63. The summed E-state index contributed by atoms with van der Waals surface area (Å²) >= 11 is 0.957. The lowest BCUT2D eigenvalue weighted by molar-refractivity contribution is -0.145. The molecule has 0 bridgehead atoms. The number of ether oxygens (including phenoxy) is 1. The van der Waals surface area contributed by atoms with E-state index in [1.165, 1.54) is 12.0 Å². The van der Waals surface area contributed by atoms with Crippen LogP contribution in [-0.4, -0.2) is 41.6 Å². The molecule has 1 unspecified atom stereocenters. The lowest BCUT2D eigenvalue weighted by Crippen LogP contribution is -2.26. The van der Waals surface area contributed by atoms with E-state index in [4.69, 9.17) is 5.11 Å². The quantitative estimate of drug-likeness (QED) is 0.831. The first kappa shape index (κ1) is 14.4. The maximum Gasteiger partial charge on any atom is 0.347 e. The molecule has 1 aromatic heterocycles. The average Bonchev–Trinajstić information content (AvgIpc) is 3.00. The van der Waals surface area contributed by atoms with Crippen molar-refractivity contribution in [3.05, 3.63) is 10.6 Å². The van der Waals surface area contributed by atoms with E-state index >= 15 is 0 Å². The van der Waals surface area contributed by atoms with E-state index in [1.807, 2.05) is 0 Å². The Morgan fingerprint density at radius 3 is 2.75 bits per heavy atom. The Balaban J connectivity index is 2.26. The van der Waals surface area contributed by atoms with Crippen LogP contribution in [0.5, 0.6) is 0 Å². The first-order valence-electron chi connectivity index (χ1n) is 6.09. The number of aromatic carboxylic acids is 1. The number of hydrogen-bond donors (Lipinski definition) is 1. The molecule has 0 aromatic carbocycles. The van der Waals surface area contributed by atoms with Gasteiger partial charge >= 0.3 is 11.9 Å². The molecule has 0 saturated carbocycles. The second-order valence-corrected chi connectivity index (χ2v) is 5.34. The molecule has 0 aliphatic carbocycles. The van der Waals surface area contributed by atoms with Crippen molar-refractivity contribution in [1.29, 1.82) is 0 Å². The Morgan fingerprint density at radius 2 is 2.25 bits per heavy atom. The highest BCUT2D eigenvalue weighted by molar-refractivity contribution is 7.17. The van der Waals surface area contributed by atoms with Gasteiger partial charge in [0.1, 0.15) is 4.88 Å². The molecule has 1 aromatic rings. The van der Waals surface area contributed by atoms with Gasteiger partial charge in [-0.05, 0) is 6.42 Å². The number of thiazole rings is 1. The summed E-state index contributed by atoms with van der Waals surface area (Å²) in [5.74, 6) is -2.25. The lowest BCUT2D eigenvalue weighted by atomic mass is 10.1. The molecule has 1 aliphatic rings. The number of nitrogens with zero attached hydrogens (tertiary/aromatic N) is 2. The van der Waals surface area contributed by atoms with Crippen molar-refractivity contribution >= 4 is 34.3 Å². The molecule has 2 heterocycles. The Morgan fingerprint density at radius 1 is 1.55 bits per heavy atom. The monoisotopic (exact) mass is 298 g/mol. The van der Waals surface area contributed by atoms with Crippen molar-refractivity contribution in [3.8, 4) is 0 Å². The van der Waals surface area contributed by atoms with Crippen molar-refractivity contribution < 1.29 is 24.2 Å². The third-order valence-electron chi connectivity index (χ3n) is 3.11. The molecule has 0 radical (unpaired) electrons. The summed E-state index contributed by atoms with van der Waals surface area (Å²) in [7, 11) is 1.27. The van der Waals surface area contributed by atoms with Crippen LogP contribution in [0.1, 0.15) is 28.7 Å². The van der Waals surface area contributed by atoms with Crippen LogP contribution < -0.4 is 4.90 Å². The number of methoxy groups -OCH3 is 1. The van der Waals surface area contributed by atoms with Gasteiger partial charge in [0.25, 0.3) is 0 Å². The minimum Gasteiger partial charge on any atom is -0.477 e. The average molecular weight is 298 g/mol. The molecule has 108 valence electrons. The van der Waals surface area contributed by atoms with Crippen LogP contribution in [0.3, 0.4) is 0 Å². The van der Waals surface area contributed by atoms with Crippen LogP contribution in [0.25, 0.3) is 0 Å². The van der Waals surface area contributed by atoms with Gasteiger partial charge in [-0.2, -0.15) is 0 Å². The van der Waals surface area contributed by atoms with Crippen molar-refractivity contribution in [1.82, 2.24) is 4.98 Å². The number of carboxylic acids is 1. The topological polar surface area (TPSA) is 96.8 Å². The van der Waals surface area contributed by atoms with E-state index < -0.39 is 17.9 Å². The van der Waals surface area contributed by atoms with Crippen LogP contribution in [0.2, 0.25) is 0 Å². The van der Waals surface area contributed by atoms with Crippen LogP contribution in [0.4, 0.5) is 5.13 Å². The molecular formula is C12H14N2O5S. The molecular weight excluding hydrogens is 284 g/mol. The molecule has 1 N–H and O–H groups in total. The predicted molar refractivity (Wildman–Crippen MR) is 70.9 cm³/mol. The molecule has 2 rings (SSSR count). The van der Waals surface area contributed by atoms with Crippen LogP contribution in [0.15, 0.2) is 0 Å². The molecule has 1 saturated heterocycles. The van der Waals surface area contributed by atoms with E-state index in [-0.39, 0.29) is 23.7 Å². The Hall–Kier alpha value is -1.96. The number of anilines is 1. The molecule has 7 nitrogen and oxygen atoms in total. The van der Waals surface area contributed by atoms with Gasteiger partial charge in [0, 0.05) is 13.0 Å². The predicted octanol–water partition coefficient (Wildman–Crippen LogP) is 0.930. The minimum atomic E-state index is -1.05. The Kier molecular flexibility index (Phi) is 4.03. The first-order chi connectivity index (χ1) is 9.47. The number of hydrogen-bond acceptors (Lipinski definition) is 6. The molecule has 20 heavy (non-hydrogen) atoms. The van der Waals surface area contributed by atoms with E-state index in [1.54, 1.807) is 6.92 Å². The number of amides is 1. The van der Waals surface area contributed by atoms with E-state index in [0.29, 0.717) is 17.2 Å². The van der Waals surface area contributed by atoms with Crippen molar-refractivity contribution in [2.45, 2.75) is 19.8 Å². The smallest absolute Gasteiger partial charge is 0.347 e. The summed E-state index contributed by atoms with van der Waals surface area (Å²) in [5.41, 5.74) is 0.451. The summed E-state index contributed by atoms with van der Waals surface area (Å²) in [4.78, 5) is 40.2. The summed E-state index contributed by atoms with van der Waals surface area (Å²) in [6, 6.07) is 0. The normalized spacial score (nSPS) is 18.4. The second kappa shape index (κ2) is 5.58. The maximum absolute atomic E-state index is 11.9. The number of esters is 1. The first-order valence-corrected chi connectivity index (χ1v) is 6.90. The largest absolute Gasteiger partial charge is 0.477 e. The SMILES string of the molecule is CCc1nc(N2CC(C(=O)OC)CC2=O)sc1C(=O)O. The van der Waals surface area contributed by atoms with Gasteiger partial charge in [-0.25, -0.2) is 9.78 Å². The van der Waals surface area contributed by atoms with Crippen molar-refractivity contribution in [2.24, 2.45) is 5.92 Å². The highest BCUT2D eigenvalue weighted by Gasteiger charge is 2.37. The number of carbonyl (C=O) groups is 3. The Bertz CT molecular complexity index is 568. The number of carbonyl (C=O) groups excluding carboxylic acids is 2. The maximum atomic E-state index is 11.9. The number of carboxylic acid groups (broad SMARTS) is 1. The van der Waals surface area contributed by atoms with Gasteiger partial charge in [-0.3, -0.25) is 14.5 Å². The third kappa shape index (κ3) is 2.51. The zero-order chi connectivity index (χ0) is 14.9. The van der Waals surface area contributed by atoms with Gasteiger partial charge < -0.3 is 9.84 Å². The fourth-order valence-electron chi connectivity index (χ4n) is 2.08. The van der Waals surface area contributed by atoms with E-state index in [9.17, 15) is 14.4 Å². The van der Waals surface area contributed by atoms with Gasteiger partial charge in [0.05, 0.1) is 18.7 Å². The van der Waals surface area contributed by atoms with Crippen LogP contribution in [-0.2, 0) is 20.7 Å². The van der Waals surface area contributed by atoms with E-state index in [0.717, 1.165) is 11.3 Å². The molecule has 1 amide bonds. The van der Waals surface area contributed by atoms with Crippen molar-refractivity contribution in [3.63, 3.8) is 0 Å². The van der Waals surface area contributed by atoms with Gasteiger partial charge in [-0.15, -0.1) is 0 Å². The highest BCUT2D eigenvalue weighted by atomic mass is 32.1. The van der Waals surface area contributed by atoms with Crippen LogP contribution >= 0.6 is 11.3 Å². The second-order valence-electron chi connectivity index (χ2n) is 4.36. The third-order valence-corrected chi connectivity index (χ3v) is 4.21. The summed E-state index contributed by atoms with van der Waals surface area (Å²) in [6.45, 7) is 1.98. The zero-order valence-electron chi connectivity index (χ0n) is 11.1. The van der Waals surface area contributed by atoms with E-state index in [2.05, 4.69) is 9.72 Å². The van der Waals surface area contributed by atoms with Crippen LogP contribution in [0, 0.1) is 5.92 Å². The van der Waals surface area contributed by atoms with Crippen molar-refractivity contribution in [2.75, 3.05) is 18.6 Å². The lowest BCUT2D eigenvalue weighted by Gasteiger charge is -2.11. The van der Waals surface area contributed by atoms with Gasteiger partial charge in [-0.1, -0.05) is 18.3 Å². The standard InChI is InChI=1S/C12H14N2O5S/c1-3-7-9(10(16)17)20-12(13-7)14-5-6(4-8(14)15)11(18)19-2/h6H,3-5H2,1-2H3,(H,16,17). The molecule has 0 spiro atoms. The highest BCUT2D eigenvalue weighted by Crippen LogP contribution is 2.31.